The summed E-state index contributed by atoms with van der Waals surface area (Å²) in [7, 11) is 0. The van der Waals surface area contributed by atoms with Crippen LogP contribution in [0.4, 0.5) is 4.79 Å². The van der Waals surface area contributed by atoms with Crippen LogP contribution < -0.4 is 0 Å². The standard InChI is InChI=1S/C10H15NO2/c1-10(2,3)6-8-7-4-5-13-9(12)11(7)8/h6-7H,4-5H2,1-3H3. The average molecular weight is 181 g/mol. The molecule has 2 heterocycles. The van der Waals surface area contributed by atoms with Crippen molar-refractivity contribution in [1.82, 2.24) is 4.90 Å². The monoisotopic (exact) mass is 181 g/mol. The van der Waals surface area contributed by atoms with Gasteiger partial charge in [-0.05, 0) is 5.41 Å². The molecule has 72 valence electrons. The van der Waals surface area contributed by atoms with Gasteiger partial charge in [0.2, 0.25) is 0 Å². The number of carbonyl (C=O) groups is 1. The van der Waals surface area contributed by atoms with Crippen molar-refractivity contribution in [3.63, 3.8) is 0 Å². The Hall–Kier alpha value is -0.990. The molecule has 0 saturated carbocycles. The Bertz CT molecular complexity index is 275. The second-order valence-electron chi connectivity index (χ2n) is 4.72. The first-order valence-corrected chi connectivity index (χ1v) is 4.68. The zero-order valence-corrected chi connectivity index (χ0v) is 8.33. The van der Waals surface area contributed by atoms with E-state index in [1.54, 1.807) is 4.90 Å². The SMILES string of the molecule is CC(C)(C)C=C1C2CCOC(=O)N12. The van der Waals surface area contributed by atoms with Gasteiger partial charge in [-0.25, -0.2) is 4.79 Å². The molecule has 0 spiro atoms. The third kappa shape index (κ3) is 1.55. The van der Waals surface area contributed by atoms with Crippen LogP contribution in [0.2, 0.25) is 0 Å². The zero-order chi connectivity index (χ0) is 9.64. The molecule has 0 bridgehead atoms. The van der Waals surface area contributed by atoms with E-state index in [4.69, 9.17) is 4.74 Å². The van der Waals surface area contributed by atoms with Crippen LogP contribution in [0.3, 0.4) is 0 Å². The first-order chi connectivity index (χ1) is 5.99. The molecule has 2 aliphatic heterocycles. The molecule has 2 rings (SSSR count). The Labute approximate surface area is 78.4 Å². The number of allylic oxidation sites excluding steroid dienone is 1. The van der Waals surface area contributed by atoms with Crippen molar-refractivity contribution < 1.29 is 9.53 Å². The lowest BCUT2D eigenvalue weighted by Crippen LogP contribution is -2.22. The molecule has 0 aromatic rings. The van der Waals surface area contributed by atoms with Crippen molar-refractivity contribution in [2.24, 2.45) is 5.41 Å². The number of amides is 1. The first-order valence-electron chi connectivity index (χ1n) is 4.68. The number of nitrogens with zero attached hydrogens (tertiary/aromatic N) is 1. The van der Waals surface area contributed by atoms with E-state index in [0.29, 0.717) is 12.6 Å². The summed E-state index contributed by atoms with van der Waals surface area (Å²) >= 11 is 0. The lowest BCUT2D eigenvalue weighted by Gasteiger charge is -2.10. The summed E-state index contributed by atoms with van der Waals surface area (Å²) in [6, 6.07) is 0.348. The molecule has 1 unspecified atom stereocenters. The lowest BCUT2D eigenvalue weighted by molar-refractivity contribution is 0.111. The summed E-state index contributed by atoms with van der Waals surface area (Å²) in [5.41, 5.74) is 1.29. The van der Waals surface area contributed by atoms with Crippen molar-refractivity contribution in [2.75, 3.05) is 6.61 Å². The van der Waals surface area contributed by atoms with Crippen LogP contribution in [-0.4, -0.2) is 23.6 Å². The Morgan fingerprint density at radius 2 is 2.23 bits per heavy atom. The Kier molecular flexibility index (Phi) is 1.65. The number of cyclic esters (lactones) is 1. The van der Waals surface area contributed by atoms with Gasteiger partial charge in [0.1, 0.15) is 0 Å². The van der Waals surface area contributed by atoms with Crippen LogP contribution in [0, 0.1) is 5.41 Å². The maximum atomic E-state index is 11.2. The van der Waals surface area contributed by atoms with Gasteiger partial charge in [0, 0.05) is 12.1 Å². The topological polar surface area (TPSA) is 29.3 Å². The predicted molar refractivity (Wildman–Crippen MR) is 49.1 cm³/mol. The zero-order valence-electron chi connectivity index (χ0n) is 8.33. The Balaban J connectivity index is 2.14. The maximum Gasteiger partial charge on any atom is 0.414 e. The van der Waals surface area contributed by atoms with E-state index in [1.165, 1.54) is 0 Å². The first kappa shape index (κ1) is 8.60. The smallest absolute Gasteiger partial charge is 0.414 e. The molecule has 0 aromatic carbocycles. The van der Waals surface area contributed by atoms with E-state index in [9.17, 15) is 4.79 Å². The number of carbonyl (C=O) groups excluding carboxylic acids is 1. The molecular weight excluding hydrogens is 166 g/mol. The molecule has 2 saturated heterocycles. The number of fused-ring (bicyclic) bond motifs is 1. The number of rotatable bonds is 0. The van der Waals surface area contributed by atoms with Crippen LogP contribution in [0.5, 0.6) is 0 Å². The van der Waals surface area contributed by atoms with Gasteiger partial charge in [-0.2, -0.15) is 0 Å². The van der Waals surface area contributed by atoms with Gasteiger partial charge in [0.25, 0.3) is 0 Å². The second-order valence-corrected chi connectivity index (χ2v) is 4.72. The third-order valence-electron chi connectivity index (χ3n) is 2.26. The van der Waals surface area contributed by atoms with Crippen LogP contribution in [-0.2, 0) is 4.74 Å². The summed E-state index contributed by atoms with van der Waals surface area (Å²) in [6.07, 6.45) is 2.93. The van der Waals surface area contributed by atoms with Gasteiger partial charge in [-0.1, -0.05) is 26.8 Å². The van der Waals surface area contributed by atoms with Gasteiger partial charge >= 0.3 is 6.09 Å². The minimum atomic E-state index is -0.174. The molecule has 2 aliphatic rings. The van der Waals surface area contributed by atoms with Crippen LogP contribution in [0.1, 0.15) is 27.2 Å². The van der Waals surface area contributed by atoms with Gasteiger partial charge in [-0.3, -0.25) is 4.90 Å². The fraction of sp³-hybridized carbons (Fsp3) is 0.700. The molecule has 0 aromatic heterocycles. The van der Waals surface area contributed by atoms with Gasteiger partial charge < -0.3 is 4.74 Å². The highest BCUT2D eigenvalue weighted by atomic mass is 16.6. The van der Waals surface area contributed by atoms with Crippen LogP contribution >= 0.6 is 0 Å². The normalized spacial score (nSPS) is 30.1. The molecule has 3 nitrogen and oxygen atoms in total. The van der Waals surface area contributed by atoms with Crippen LogP contribution in [0.25, 0.3) is 0 Å². The number of hydrogen-bond acceptors (Lipinski definition) is 2. The van der Waals surface area contributed by atoms with Crippen LogP contribution in [0.15, 0.2) is 11.8 Å². The summed E-state index contributed by atoms with van der Waals surface area (Å²) in [6.45, 7) is 6.98. The van der Waals surface area contributed by atoms with Gasteiger partial charge in [0.05, 0.1) is 12.6 Å². The molecule has 0 aliphatic carbocycles. The van der Waals surface area contributed by atoms with Gasteiger partial charge in [-0.15, -0.1) is 0 Å². The summed E-state index contributed by atoms with van der Waals surface area (Å²) in [4.78, 5) is 12.9. The fourth-order valence-electron chi connectivity index (χ4n) is 1.70. The number of ether oxygens (including phenoxy) is 1. The molecule has 3 heteroatoms. The largest absolute Gasteiger partial charge is 0.449 e. The number of hydrogen-bond donors (Lipinski definition) is 0. The molecule has 0 radical (unpaired) electrons. The quantitative estimate of drug-likeness (QED) is 0.536. The summed E-state index contributed by atoms with van der Waals surface area (Å²) in [5, 5.41) is 0. The molecule has 13 heavy (non-hydrogen) atoms. The highest BCUT2D eigenvalue weighted by molar-refractivity contribution is 5.77. The fourth-order valence-corrected chi connectivity index (χ4v) is 1.70. The molecule has 1 atom stereocenters. The molecule has 1 amide bonds. The predicted octanol–water partition coefficient (Wildman–Crippen LogP) is 2.14. The molecule has 2 fully saturated rings. The maximum absolute atomic E-state index is 11.2. The van der Waals surface area contributed by atoms with E-state index in [2.05, 4.69) is 26.8 Å². The summed E-state index contributed by atoms with van der Waals surface area (Å²) < 4.78 is 4.92. The van der Waals surface area contributed by atoms with Crippen molar-refractivity contribution in [3.8, 4) is 0 Å². The minimum absolute atomic E-state index is 0.146. The van der Waals surface area contributed by atoms with E-state index in [-0.39, 0.29) is 11.5 Å². The van der Waals surface area contributed by atoms with E-state index < -0.39 is 0 Å². The van der Waals surface area contributed by atoms with Gasteiger partial charge in [0.15, 0.2) is 0 Å². The lowest BCUT2D eigenvalue weighted by atomic mass is 9.96. The average Bonchev–Trinajstić information content (AvgIpc) is 2.61. The van der Waals surface area contributed by atoms with E-state index in [1.807, 2.05) is 0 Å². The van der Waals surface area contributed by atoms with E-state index >= 15 is 0 Å². The summed E-state index contributed by atoms with van der Waals surface area (Å²) in [5.74, 6) is 0. The third-order valence-corrected chi connectivity index (χ3v) is 2.26. The van der Waals surface area contributed by atoms with Crippen molar-refractivity contribution in [3.05, 3.63) is 11.8 Å². The molecular formula is C10H15NO2. The van der Waals surface area contributed by atoms with Crippen molar-refractivity contribution in [2.45, 2.75) is 33.2 Å². The van der Waals surface area contributed by atoms with Crippen molar-refractivity contribution >= 4 is 6.09 Å². The molecule has 0 N–H and O–H groups in total. The highest BCUT2D eigenvalue weighted by Crippen LogP contribution is 2.41. The minimum Gasteiger partial charge on any atom is -0.449 e. The van der Waals surface area contributed by atoms with E-state index in [0.717, 1.165) is 12.1 Å². The van der Waals surface area contributed by atoms with Crippen molar-refractivity contribution in [1.29, 1.82) is 0 Å². The Morgan fingerprint density at radius 3 is 2.77 bits per heavy atom. The highest BCUT2D eigenvalue weighted by Gasteiger charge is 2.49. The second kappa shape index (κ2) is 2.50. The Morgan fingerprint density at radius 1 is 1.54 bits per heavy atom.